The quantitative estimate of drug-likeness (QED) is 0.255. The van der Waals surface area contributed by atoms with Gasteiger partial charge in [0.1, 0.15) is 0 Å². The maximum Gasteiger partial charge on any atom is 0.217 e. The lowest BCUT2D eigenvalue weighted by Gasteiger charge is -2.35. The van der Waals surface area contributed by atoms with Gasteiger partial charge in [-0.1, -0.05) is 6.42 Å². The number of nitrogens with two attached hydrogens (primary N) is 1. The van der Waals surface area contributed by atoms with E-state index in [2.05, 4.69) is 27.0 Å². The fraction of sp³-hybridized carbons (Fsp3) is 0.895. The normalized spacial score (nSPS) is 24.8. The average Bonchev–Trinajstić information content (AvgIpc) is 2.59. The molecule has 0 radical (unpaired) electrons. The van der Waals surface area contributed by atoms with Crippen LogP contribution in [0.1, 0.15) is 58.3 Å². The largest absolute Gasteiger partial charge is 0.370 e. The van der Waals surface area contributed by atoms with Crippen LogP contribution in [0, 0.1) is 5.92 Å². The highest BCUT2D eigenvalue weighted by Gasteiger charge is 2.23. The second kappa shape index (κ2) is 12.8. The van der Waals surface area contributed by atoms with E-state index in [-0.39, 0.29) is 29.9 Å². The van der Waals surface area contributed by atoms with Gasteiger partial charge in [-0.2, -0.15) is 0 Å². The molecule has 0 saturated carbocycles. The lowest BCUT2D eigenvalue weighted by atomic mass is 9.95. The van der Waals surface area contributed by atoms with Gasteiger partial charge in [-0.05, 0) is 64.5 Å². The van der Waals surface area contributed by atoms with E-state index in [1.54, 1.807) is 0 Å². The zero-order chi connectivity index (χ0) is 18.1. The standard InChI is InChI=1S/C19H37N5O.HI/c1-16-8-3-5-11-23(16)12-6-4-10-22-19(21-2)24-13-7-9-17(15-24)14-18(20)25;/h16-17H,3-15H2,1-2H3,(H2,20,25)(H,21,22);1H. The molecule has 2 heterocycles. The van der Waals surface area contributed by atoms with Crippen LogP contribution in [-0.2, 0) is 4.79 Å². The maximum atomic E-state index is 11.2. The minimum atomic E-state index is -0.193. The summed E-state index contributed by atoms with van der Waals surface area (Å²) in [5.41, 5.74) is 5.35. The zero-order valence-corrected chi connectivity index (χ0v) is 18.9. The Morgan fingerprint density at radius 1 is 1.19 bits per heavy atom. The Balaban J connectivity index is 0.00000338. The number of halogens is 1. The maximum absolute atomic E-state index is 11.2. The van der Waals surface area contributed by atoms with E-state index in [9.17, 15) is 4.79 Å². The second-order valence-corrected chi connectivity index (χ2v) is 7.69. The summed E-state index contributed by atoms with van der Waals surface area (Å²) in [5.74, 6) is 1.15. The van der Waals surface area contributed by atoms with Crippen LogP contribution in [0.2, 0.25) is 0 Å². The van der Waals surface area contributed by atoms with Gasteiger partial charge in [0.15, 0.2) is 5.96 Å². The van der Waals surface area contributed by atoms with Crippen LogP contribution in [-0.4, -0.2) is 67.5 Å². The van der Waals surface area contributed by atoms with Crippen LogP contribution in [0.25, 0.3) is 0 Å². The summed E-state index contributed by atoms with van der Waals surface area (Å²) in [6, 6.07) is 0.755. The van der Waals surface area contributed by atoms with E-state index < -0.39 is 0 Å². The molecule has 2 aliphatic heterocycles. The van der Waals surface area contributed by atoms with Crippen molar-refractivity contribution in [1.82, 2.24) is 15.1 Å². The van der Waals surface area contributed by atoms with Gasteiger partial charge in [0, 0.05) is 39.1 Å². The molecule has 0 bridgehead atoms. The number of unbranched alkanes of at least 4 members (excludes halogenated alkanes) is 1. The Morgan fingerprint density at radius 3 is 2.69 bits per heavy atom. The van der Waals surface area contributed by atoms with E-state index in [1.165, 1.54) is 45.2 Å². The van der Waals surface area contributed by atoms with Crippen molar-refractivity contribution < 1.29 is 4.79 Å². The molecular formula is C19H38IN5O. The summed E-state index contributed by atoms with van der Waals surface area (Å²) >= 11 is 0. The monoisotopic (exact) mass is 479 g/mol. The summed E-state index contributed by atoms with van der Waals surface area (Å²) in [4.78, 5) is 20.5. The smallest absolute Gasteiger partial charge is 0.217 e. The number of hydrogen-bond donors (Lipinski definition) is 2. The summed E-state index contributed by atoms with van der Waals surface area (Å²) < 4.78 is 0. The zero-order valence-electron chi connectivity index (χ0n) is 16.6. The number of primary amides is 1. The Bertz CT molecular complexity index is 446. The summed E-state index contributed by atoms with van der Waals surface area (Å²) in [6.07, 6.45) is 9.18. The number of carbonyl (C=O) groups is 1. The van der Waals surface area contributed by atoms with Crippen molar-refractivity contribution >= 4 is 35.8 Å². The Morgan fingerprint density at radius 2 is 2.00 bits per heavy atom. The minimum Gasteiger partial charge on any atom is -0.370 e. The van der Waals surface area contributed by atoms with Gasteiger partial charge >= 0.3 is 0 Å². The highest BCUT2D eigenvalue weighted by Crippen LogP contribution is 2.19. The van der Waals surface area contributed by atoms with Gasteiger partial charge in [-0.25, -0.2) is 0 Å². The first kappa shape index (κ1) is 23.5. The molecule has 152 valence electrons. The van der Waals surface area contributed by atoms with Gasteiger partial charge in [-0.3, -0.25) is 9.79 Å². The molecule has 6 nitrogen and oxygen atoms in total. The van der Waals surface area contributed by atoms with Crippen LogP contribution in [0.15, 0.2) is 4.99 Å². The first-order chi connectivity index (χ1) is 12.1. The van der Waals surface area contributed by atoms with Crippen LogP contribution >= 0.6 is 24.0 Å². The summed E-state index contributed by atoms with van der Waals surface area (Å²) in [5, 5.41) is 3.50. The number of amides is 1. The number of hydrogen-bond acceptors (Lipinski definition) is 3. The van der Waals surface area contributed by atoms with E-state index >= 15 is 0 Å². The highest BCUT2D eigenvalue weighted by molar-refractivity contribution is 14.0. The van der Waals surface area contributed by atoms with Crippen molar-refractivity contribution in [3.63, 3.8) is 0 Å². The molecule has 0 spiro atoms. The number of aliphatic imine (C=N–C) groups is 1. The van der Waals surface area contributed by atoms with Crippen molar-refractivity contribution in [2.75, 3.05) is 39.8 Å². The van der Waals surface area contributed by atoms with E-state index in [0.717, 1.165) is 44.5 Å². The molecule has 0 aromatic heterocycles. The van der Waals surface area contributed by atoms with Gasteiger partial charge in [0.2, 0.25) is 5.91 Å². The molecule has 1 amide bonds. The predicted molar refractivity (Wildman–Crippen MR) is 119 cm³/mol. The molecule has 0 aromatic carbocycles. The lowest BCUT2D eigenvalue weighted by molar-refractivity contribution is -0.119. The Labute approximate surface area is 176 Å². The summed E-state index contributed by atoms with van der Waals surface area (Å²) in [6.45, 7) is 7.70. The first-order valence-electron chi connectivity index (χ1n) is 10.1. The number of rotatable bonds is 7. The highest BCUT2D eigenvalue weighted by atomic mass is 127. The molecule has 2 unspecified atom stereocenters. The van der Waals surface area contributed by atoms with E-state index in [1.807, 2.05) is 7.05 Å². The van der Waals surface area contributed by atoms with Gasteiger partial charge < -0.3 is 20.9 Å². The topological polar surface area (TPSA) is 74.0 Å². The molecule has 2 rings (SSSR count). The fourth-order valence-electron chi connectivity index (χ4n) is 4.17. The molecule has 26 heavy (non-hydrogen) atoms. The van der Waals surface area contributed by atoms with Crippen molar-refractivity contribution in [1.29, 1.82) is 0 Å². The molecular weight excluding hydrogens is 441 g/mol. The Hall–Kier alpha value is -0.570. The molecule has 2 fully saturated rings. The molecule has 2 aliphatic rings. The lowest BCUT2D eigenvalue weighted by Crippen LogP contribution is -2.47. The van der Waals surface area contributed by atoms with Crippen LogP contribution in [0.4, 0.5) is 0 Å². The van der Waals surface area contributed by atoms with Crippen LogP contribution in [0.5, 0.6) is 0 Å². The fourth-order valence-corrected chi connectivity index (χ4v) is 4.17. The van der Waals surface area contributed by atoms with Crippen molar-refractivity contribution in [3.8, 4) is 0 Å². The number of nitrogens with one attached hydrogen (secondary N) is 1. The summed E-state index contributed by atoms with van der Waals surface area (Å²) in [7, 11) is 1.84. The molecule has 2 atom stereocenters. The van der Waals surface area contributed by atoms with Gasteiger partial charge in [0.05, 0.1) is 0 Å². The number of nitrogens with zero attached hydrogens (tertiary/aromatic N) is 3. The minimum absolute atomic E-state index is 0. The van der Waals surface area contributed by atoms with Gasteiger partial charge in [-0.15, -0.1) is 24.0 Å². The second-order valence-electron chi connectivity index (χ2n) is 7.69. The third-order valence-corrected chi connectivity index (χ3v) is 5.62. The SMILES string of the molecule is CN=C(NCCCCN1CCCCC1C)N1CCCC(CC(N)=O)C1.I. The average molecular weight is 479 g/mol. The van der Waals surface area contributed by atoms with Gasteiger partial charge in [0.25, 0.3) is 0 Å². The molecule has 2 saturated heterocycles. The molecule has 3 N–H and O–H groups in total. The molecule has 7 heteroatoms. The number of guanidine groups is 1. The third kappa shape index (κ3) is 7.98. The van der Waals surface area contributed by atoms with E-state index in [4.69, 9.17) is 5.73 Å². The number of carbonyl (C=O) groups excluding carboxylic acids is 1. The van der Waals surface area contributed by atoms with Crippen molar-refractivity contribution in [3.05, 3.63) is 0 Å². The molecule has 0 aromatic rings. The van der Waals surface area contributed by atoms with E-state index in [0.29, 0.717) is 12.3 Å². The predicted octanol–water partition coefficient (Wildman–Crippen LogP) is 2.42. The van der Waals surface area contributed by atoms with Crippen LogP contribution < -0.4 is 11.1 Å². The third-order valence-electron chi connectivity index (χ3n) is 5.62. The van der Waals surface area contributed by atoms with Crippen molar-refractivity contribution in [2.24, 2.45) is 16.6 Å². The number of likely N-dealkylation sites (tertiary alicyclic amines) is 2. The Kier molecular flexibility index (Phi) is 11.5. The first-order valence-corrected chi connectivity index (χ1v) is 10.1. The van der Waals surface area contributed by atoms with Crippen LogP contribution in [0.3, 0.4) is 0 Å². The number of piperidine rings is 2. The van der Waals surface area contributed by atoms with Crippen molar-refractivity contribution in [2.45, 2.75) is 64.3 Å². The molecule has 0 aliphatic carbocycles.